The van der Waals surface area contributed by atoms with Gasteiger partial charge in [0.2, 0.25) is 0 Å². The molecule has 1 aromatic heterocycles. The van der Waals surface area contributed by atoms with Gasteiger partial charge in [0.25, 0.3) is 5.91 Å². The molecule has 2 aliphatic rings. The fraction of sp³-hybridized carbons (Fsp3) is 0.571. The summed E-state index contributed by atoms with van der Waals surface area (Å²) in [4.78, 5) is 15.4. The van der Waals surface area contributed by atoms with Gasteiger partial charge in [0.15, 0.2) is 0 Å². The molecule has 2 atom stereocenters. The number of rotatable bonds is 5. The van der Waals surface area contributed by atoms with Crippen LogP contribution in [-0.4, -0.2) is 54.2 Å². The van der Waals surface area contributed by atoms with Crippen LogP contribution in [0.4, 0.5) is 26.3 Å². The number of ether oxygens (including phenoxy) is 1. The summed E-state index contributed by atoms with van der Waals surface area (Å²) in [5.41, 5.74) is -1.39. The molecule has 0 saturated carbocycles. The maximum absolute atomic E-state index is 13.5. The molecule has 1 amide bonds. The number of nitrogens with zero attached hydrogens (tertiary/aromatic N) is 2. The third kappa shape index (κ3) is 5.41. The molecule has 1 fully saturated rings. The van der Waals surface area contributed by atoms with Crippen molar-refractivity contribution in [3.63, 3.8) is 0 Å². The Morgan fingerprint density at radius 2 is 1.94 bits per heavy atom. The van der Waals surface area contributed by atoms with Crippen LogP contribution < -0.4 is 4.74 Å². The lowest BCUT2D eigenvalue weighted by molar-refractivity contribution is -0.136. The van der Waals surface area contributed by atoms with E-state index in [1.165, 1.54) is 21.4 Å². The van der Waals surface area contributed by atoms with E-state index in [0.717, 1.165) is 12.1 Å². The van der Waals surface area contributed by atoms with Crippen LogP contribution in [0.3, 0.4) is 0 Å². The number of piperidine rings is 1. The largest absolute Gasteiger partial charge is 0.487 e. The SMILES string of the molecule is CCCC1C(Oc2csc(C(F)(F)F)c2)CCCN1C(=O)C1=CN(C)CC=C1C(F)(F)F. The molecule has 2 unspecified atom stereocenters. The zero-order chi connectivity index (χ0) is 23.7. The van der Waals surface area contributed by atoms with E-state index in [1.807, 2.05) is 6.92 Å². The molecule has 1 saturated heterocycles. The molecule has 0 aromatic carbocycles. The summed E-state index contributed by atoms with van der Waals surface area (Å²) in [7, 11) is 1.58. The first-order valence-corrected chi connectivity index (χ1v) is 11.1. The molecule has 0 bridgehead atoms. The summed E-state index contributed by atoms with van der Waals surface area (Å²) in [6, 6.07) is 0.371. The first-order chi connectivity index (χ1) is 14.9. The first kappa shape index (κ1) is 24.5. The maximum Gasteiger partial charge on any atom is 0.425 e. The minimum absolute atomic E-state index is 0.0371. The second-order valence-corrected chi connectivity index (χ2v) is 8.81. The van der Waals surface area contributed by atoms with Crippen molar-refractivity contribution in [3.8, 4) is 5.75 Å². The smallest absolute Gasteiger partial charge is 0.425 e. The number of carbonyl (C=O) groups is 1. The van der Waals surface area contributed by atoms with Crippen molar-refractivity contribution < 1.29 is 35.9 Å². The van der Waals surface area contributed by atoms with Crippen molar-refractivity contribution in [3.05, 3.63) is 39.7 Å². The zero-order valence-corrected chi connectivity index (χ0v) is 18.4. The van der Waals surface area contributed by atoms with Crippen LogP contribution in [0.1, 0.15) is 37.5 Å². The fourth-order valence-electron chi connectivity index (χ4n) is 4.03. The fourth-order valence-corrected chi connectivity index (χ4v) is 4.72. The van der Waals surface area contributed by atoms with E-state index in [9.17, 15) is 31.1 Å². The highest BCUT2D eigenvalue weighted by Crippen LogP contribution is 2.39. The molecule has 0 aliphatic carbocycles. The van der Waals surface area contributed by atoms with Gasteiger partial charge in [-0.15, -0.1) is 11.3 Å². The number of thiophene rings is 1. The summed E-state index contributed by atoms with van der Waals surface area (Å²) in [5.74, 6) is -0.691. The first-order valence-electron chi connectivity index (χ1n) is 10.2. The van der Waals surface area contributed by atoms with E-state index < -0.39 is 46.4 Å². The number of likely N-dealkylation sites (tertiary alicyclic amines) is 1. The van der Waals surface area contributed by atoms with Crippen LogP contribution in [0.25, 0.3) is 0 Å². The third-order valence-electron chi connectivity index (χ3n) is 5.46. The van der Waals surface area contributed by atoms with Crippen molar-refractivity contribution >= 4 is 17.2 Å². The third-order valence-corrected chi connectivity index (χ3v) is 6.42. The van der Waals surface area contributed by atoms with Gasteiger partial charge in [-0.05, 0) is 19.3 Å². The van der Waals surface area contributed by atoms with E-state index in [-0.39, 0.29) is 18.8 Å². The van der Waals surface area contributed by atoms with Crippen LogP contribution in [0, 0.1) is 0 Å². The molecular weight excluding hydrogens is 458 g/mol. The van der Waals surface area contributed by atoms with Gasteiger partial charge in [0, 0.05) is 37.8 Å². The summed E-state index contributed by atoms with van der Waals surface area (Å²) in [6.45, 7) is 2.16. The monoisotopic (exact) mass is 482 g/mol. The summed E-state index contributed by atoms with van der Waals surface area (Å²) >= 11 is 0.515. The van der Waals surface area contributed by atoms with Crippen molar-refractivity contribution in [2.45, 2.75) is 57.1 Å². The Morgan fingerprint density at radius 1 is 1.22 bits per heavy atom. The number of carbonyl (C=O) groups excluding carboxylic acids is 1. The average Bonchev–Trinajstić information content (AvgIpc) is 3.17. The Labute approximate surface area is 186 Å². The van der Waals surface area contributed by atoms with Gasteiger partial charge >= 0.3 is 12.4 Å². The number of amides is 1. The van der Waals surface area contributed by atoms with E-state index >= 15 is 0 Å². The van der Waals surface area contributed by atoms with E-state index in [1.54, 1.807) is 7.05 Å². The molecule has 1 aromatic rings. The lowest BCUT2D eigenvalue weighted by Gasteiger charge is -2.42. The van der Waals surface area contributed by atoms with Gasteiger partial charge in [-0.1, -0.05) is 19.4 Å². The van der Waals surface area contributed by atoms with Crippen molar-refractivity contribution in [2.24, 2.45) is 0 Å². The Bertz CT molecular complexity index is 890. The molecule has 0 spiro atoms. The topological polar surface area (TPSA) is 32.8 Å². The highest BCUT2D eigenvalue weighted by Gasteiger charge is 2.43. The molecule has 3 rings (SSSR count). The summed E-state index contributed by atoms with van der Waals surface area (Å²) in [5, 5.41) is 1.26. The highest BCUT2D eigenvalue weighted by atomic mass is 32.1. The van der Waals surface area contributed by atoms with Gasteiger partial charge in [-0.3, -0.25) is 4.79 Å². The maximum atomic E-state index is 13.5. The van der Waals surface area contributed by atoms with Crippen LogP contribution in [0.2, 0.25) is 0 Å². The van der Waals surface area contributed by atoms with Gasteiger partial charge in [-0.2, -0.15) is 26.3 Å². The summed E-state index contributed by atoms with van der Waals surface area (Å²) < 4.78 is 85.2. The lowest BCUT2D eigenvalue weighted by Crippen LogP contribution is -2.53. The van der Waals surface area contributed by atoms with E-state index in [0.29, 0.717) is 37.0 Å². The number of hydrogen-bond acceptors (Lipinski definition) is 4. The minimum atomic E-state index is -4.67. The predicted molar refractivity (Wildman–Crippen MR) is 108 cm³/mol. The van der Waals surface area contributed by atoms with E-state index in [2.05, 4.69) is 0 Å². The standard InChI is InChI=1S/C21H24F6N2O2S/c1-3-5-16-17(31-13-10-18(32-12-13)21(25,26)27)6-4-8-29(16)19(30)14-11-28(2)9-7-15(14)20(22,23)24/h7,10-12,16-17H,3-6,8-9H2,1-2H3. The number of alkyl halides is 6. The lowest BCUT2D eigenvalue weighted by atomic mass is 9.92. The Morgan fingerprint density at radius 3 is 2.53 bits per heavy atom. The average molecular weight is 482 g/mol. The summed E-state index contributed by atoms with van der Waals surface area (Å²) in [6.07, 6.45) is -5.51. The van der Waals surface area contributed by atoms with Crippen molar-refractivity contribution in [2.75, 3.05) is 20.1 Å². The van der Waals surface area contributed by atoms with Gasteiger partial charge in [0.05, 0.1) is 17.2 Å². The molecule has 11 heteroatoms. The van der Waals surface area contributed by atoms with Crippen LogP contribution in [0.5, 0.6) is 5.75 Å². The van der Waals surface area contributed by atoms with Crippen LogP contribution in [-0.2, 0) is 11.0 Å². The Hall–Kier alpha value is -2.17. The Kier molecular flexibility index (Phi) is 7.16. The molecule has 4 nitrogen and oxygen atoms in total. The molecule has 32 heavy (non-hydrogen) atoms. The Balaban J connectivity index is 1.85. The molecule has 3 heterocycles. The predicted octanol–water partition coefficient (Wildman–Crippen LogP) is 5.62. The van der Waals surface area contributed by atoms with Gasteiger partial charge in [-0.25, -0.2) is 0 Å². The second-order valence-electron chi connectivity index (χ2n) is 7.90. The molecule has 0 N–H and O–H groups in total. The van der Waals surface area contributed by atoms with Crippen molar-refractivity contribution in [1.82, 2.24) is 9.80 Å². The van der Waals surface area contributed by atoms with Gasteiger partial charge < -0.3 is 14.5 Å². The number of hydrogen-bond donors (Lipinski definition) is 0. The highest BCUT2D eigenvalue weighted by molar-refractivity contribution is 7.10. The van der Waals surface area contributed by atoms with Crippen LogP contribution >= 0.6 is 11.3 Å². The molecular formula is C21H24F6N2O2S. The molecule has 178 valence electrons. The number of halogens is 6. The van der Waals surface area contributed by atoms with Crippen LogP contribution in [0.15, 0.2) is 34.9 Å². The molecule has 0 radical (unpaired) electrons. The minimum Gasteiger partial charge on any atom is -0.487 e. The van der Waals surface area contributed by atoms with Crippen molar-refractivity contribution in [1.29, 1.82) is 0 Å². The van der Waals surface area contributed by atoms with Gasteiger partial charge in [0.1, 0.15) is 16.7 Å². The molecule has 2 aliphatic heterocycles. The quantitative estimate of drug-likeness (QED) is 0.511. The van der Waals surface area contributed by atoms with E-state index in [4.69, 9.17) is 4.74 Å². The zero-order valence-electron chi connectivity index (χ0n) is 17.6. The number of likely N-dealkylation sites (N-methyl/N-ethyl adjacent to an activating group) is 1. The second kappa shape index (κ2) is 9.36. The normalized spacial score (nSPS) is 22.5.